The Kier molecular flexibility index (Phi) is 4.33. The molecule has 0 amide bonds. The number of rotatable bonds is 3. The quantitative estimate of drug-likeness (QED) is 0.278. The molecular weight excluding hydrogens is 384 g/mol. The Hall–Kier alpha value is -3.90. The van der Waals surface area contributed by atoms with E-state index in [1.54, 1.807) is 0 Å². The normalized spacial score (nSPS) is 13.4. The highest BCUT2D eigenvalue weighted by molar-refractivity contribution is 5.92. The second-order valence-electron chi connectivity index (χ2n) is 8.63. The summed E-state index contributed by atoms with van der Waals surface area (Å²) in [4.78, 5) is 0. The number of hydrogen-bond acceptors (Lipinski definition) is 0. The molecule has 0 fully saturated rings. The Morgan fingerprint density at radius 3 is 1.66 bits per heavy atom. The first-order valence-electron chi connectivity index (χ1n) is 11.2. The third kappa shape index (κ3) is 2.63. The zero-order valence-corrected chi connectivity index (χ0v) is 18.1. The number of fused-ring (bicyclic) bond motifs is 3. The van der Waals surface area contributed by atoms with E-state index in [0.717, 1.165) is 0 Å². The first-order valence-corrected chi connectivity index (χ1v) is 11.2. The van der Waals surface area contributed by atoms with Crippen molar-refractivity contribution in [1.82, 2.24) is 0 Å². The second-order valence-corrected chi connectivity index (χ2v) is 8.63. The third-order valence-corrected chi connectivity index (χ3v) is 6.81. The van der Waals surface area contributed by atoms with Crippen molar-refractivity contribution in [3.8, 4) is 22.3 Å². The fraction of sp³-hybridized carbons (Fsp3) is 0.0625. The number of aryl methyl sites for hydroxylation is 1. The Balaban J connectivity index is 1.83. The van der Waals surface area contributed by atoms with Crippen LogP contribution in [-0.4, -0.2) is 0 Å². The molecule has 0 nitrogen and oxygen atoms in total. The van der Waals surface area contributed by atoms with Crippen molar-refractivity contribution in [2.75, 3.05) is 0 Å². The molecule has 152 valence electrons. The summed E-state index contributed by atoms with van der Waals surface area (Å²) in [5.74, 6) is 0. The van der Waals surface area contributed by atoms with E-state index < -0.39 is 0 Å². The van der Waals surface area contributed by atoms with Crippen molar-refractivity contribution in [2.45, 2.75) is 12.3 Å². The summed E-state index contributed by atoms with van der Waals surface area (Å²) in [6.45, 7) is 2.19. The molecule has 0 saturated carbocycles. The number of benzene rings is 5. The van der Waals surface area contributed by atoms with E-state index >= 15 is 0 Å². The lowest BCUT2D eigenvalue weighted by Crippen LogP contribution is -2.29. The standard InChI is InChI=1S/C32H24/c1-23-20-21-30-29(22-23)28-19-11-18-27(24-12-5-2-6-13-24)31(28)32(30,25-14-7-3-8-15-25)26-16-9-4-10-17-26/h2-22H,1H3. The van der Waals surface area contributed by atoms with Gasteiger partial charge in [0.2, 0.25) is 0 Å². The molecule has 32 heavy (non-hydrogen) atoms. The van der Waals surface area contributed by atoms with Crippen molar-refractivity contribution in [1.29, 1.82) is 0 Å². The van der Waals surface area contributed by atoms with Gasteiger partial charge in [-0.05, 0) is 51.4 Å². The minimum Gasteiger partial charge on any atom is -0.0622 e. The Bertz CT molecular complexity index is 1360. The van der Waals surface area contributed by atoms with Crippen molar-refractivity contribution in [3.63, 3.8) is 0 Å². The molecule has 0 saturated heterocycles. The third-order valence-electron chi connectivity index (χ3n) is 6.81. The number of hydrogen-bond donors (Lipinski definition) is 0. The molecule has 0 N–H and O–H groups in total. The molecule has 0 aliphatic heterocycles. The summed E-state index contributed by atoms with van der Waals surface area (Å²) in [5, 5.41) is 0. The summed E-state index contributed by atoms with van der Waals surface area (Å²) >= 11 is 0. The van der Waals surface area contributed by atoms with Crippen LogP contribution in [0.3, 0.4) is 0 Å². The van der Waals surface area contributed by atoms with Gasteiger partial charge in [-0.2, -0.15) is 0 Å². The Morgan fingerprint density at radius 2 is 1.03 bits per heavy atom. The van der Waals surface area contributed by atoms with E-state index in [4.69, 9.17) is 0 Å². The van der Waals surface area contributed by atoms with Crippen LogP contribution in [0.2, 0.25) is 0 Å². The van der Waals surface area contributed by atoms with Crippen LogP contribution in [-0.2, 0) is 5.41 Å². The second kappa shape index (κ2) is 7.35. The van der Waals surface area contributed by atoms with Crippen molar-refractivity contribution < 1.29 is 0 Å². The van der Waals surface area contributed by atoms with Gasteiger partial charge in [0.05, 0.1) is 5.41 Å². The predicted molar refractivity (Wildman–Crippen MR) is 134 cm³/mol. The van der Waals surface area contributed by atoms with Gasteiger partial charge in [-0.3, -0.25) is 0 Å². The minimum absolute atomic E-state index is 0.368. The molecule has 5 aromatic carbocycles. The molecule has 0 aromatic heterocycles. The van der Waals surface area contributed by atoms with Gasteiger partial charge in [0.15, 0.2) is 0 Å². The topological polar surface area (TPSA) is 0 Å². The highest BCUT2D eigenvalue weighted by Gasteiger charge is 2.47. The highest BCUT2D eigenvalue weighted by Crippen LogP contribution is 2.58. The predicted octanol–water partition coefficient (Wildman–Crippen LogP) is 8.03. The van der Waals surface area contributed by atoms with E-state index in [9.17, 15) is 0 Å². The molecule has 0 atom stereocenters. The summed E-state index contributed by atoms with van der Waals surface area (Å²) in [5.41, 5.74) is 11.5. The van der Waals surface area contributed by atoms with Crippen molar-refractivity contribution >= 4 is 0 Å². The van der Waals surface area contributed by atoms with Crippen LogP contribution in [0.5, 0.6) is 0 Å². The summed E-state index contributed by atoms with van der Waals surface area (Å²) in [7, 11) is 0. The molecule has 5 aromatic rings. The molecular formula is C32H24. The Morgan fingerprint density at radius 1 is 0.469 bits per heavy atom. The van der Waals surface area contributed by atoms with Crippen LogP contribution in [0, 0.1) is 6.92 Å². The van der Waals surface area contributed by atoms with Crippen LogP contribution in [0.4, 0.5) is 0 Å². The molecule has 0 bridgehead atoms. The molecule has 1 aliphatic carbocycles. The van der Waals surface area contributed by atoms with Crippen LogP contribution in [0.1, 0.15) is 27.8 Å². The van der Waals surface area contributed by atoms with E-state index in [2.05, 4.69) is 134 Å². The van der Waals surface area contributed by atoms with E-state index in [-0.39, 0.29) is 5.41 Å². The van der Waals surface area contributed by atoms with Gasteiger partial charge in [-0.15, -0.1) is 0 Å². The molecule has 6 rings (SSSR count). The van der Waals surface area contributed by atoms with Gasteiger partial charge in [0, 0.05) is 0 Å². The Labute approximate surface area is 189 Å². The minimum atomic E-state index is -0.368. The smallest absolute Gasteiger partial charge is 0.0622 e. The van der Waals surface area contributed by atoms with Gasteiger partial charge in [0.1, 0.15) is 0 Å². The van der Waals surface area contributed by atoms with Gasteiger partial charge in [0.25, 0.3) is 0 Å². The van der Waals surface area contributed by atoms with E-state index in [0.29, 0.717) is 0 Å². The fourth-order valence-corrected chi connectivity index (χ4v) is 5.52. The van der Waals surface area contributed by atoms with Crippen molar-refractivity contribution in [3.05, 3.63) is 155 Å². The molecule has 0 spiro atoms. The maximum absolute atomic E-state index is 2.36. The largest absolute Gasteiger partial charge is 0.0719 e. The van der Waals surface area contributed by atoms with Crippen LogP contribution in [0.15, 0.2) is 127 Å². The average Bonchev–Trinajstić information content (AvgIpc) is 3.16. The van der Waals surface area contributed by atoms with E-state index in [1.807, 2.05) is 0 Å². The zero-order chi connectivity index (χ0) is 21.5. The first-order chi connectivity index (χ1) is 15.8. The van der Waals surface area contributed by atoms with Crippen molar-refractivity contribution in [2.24, 2.45) is 0 Å². The molecule has 1 aliphatic rings. The molecule has 0 heterocycles. The average molecular weight is 409 g/mol. The van der Waals surface area contributed by atoms with Crippen LogP contribution < -0.4 is 0 Å². The first kappa shape index (κ1) is 18.8. The molecule has 0 unspecified atom stereocenters. The van der Waals surface area contributed by atoms with Gasteiger partial charge >= 0.3 is 0 Å². The molecule has 0 heteroatoms. The van der Waals surface area contributed by atoms with E-state index in [1.165, 1.54) is 50.1 Å². The van der Waals surface area contributed by atoms with Gasteiger partial charge < -0.3 is 0 Å². The summed E-state index contributed by atoms with van der Waals surface area (Å²) in [6, 6.07) is 46.6. The summed E-state index contributed by atoms with van der Waals surface area (Å²) in [6.07, 6.45) is 0. The zero-order valence-electron chi connectivity index (χ0n) is 18.1. The maximum atomic E-state index is 2.36. The lowest BCUT2D eigenvalue weighted by molar-refractivity contribution is 0.770. The lowest BCUT2D eigenvalue weighted by Gasteiger charge is -2.35. The SMILES string of the molecule is Cc1ccc2c(c1)-c1cccc(-c3ccccc3)c1C2(c1ccccc1)c1ccccc1. The summed E-state index contributed by atoms with van der Waals surface area (Å²) < 4.78 is 0. The fourth-order valence-electron chi connectivity index (χ4n) is 5.52. The van der Waals surface area contributed by atoms with Crippen LogP contribution >= 0.6 is 0 Å². The van der Waals surface area contributed by atoms with Crippen LogP contribution in [0.25, 0.3) is 22.3 Å². The lowest BCUT2D eigenvalue weighted by atomic mass is 9.66. The van der Waals surface area contributed by atoms with Gasteiger partial charge in [-0.1, -0.05) is 133 Å². The maximum Gasteiger partial charge on any atom is 0.0719 e. The monoisotopic (exact) mass is 408 g/mol. The molecule has 0 radical (unpaired) electrons. The highest BCUT2D eigenvalue weighted by atomic mass is 14.5. The van der Waals surface area contributed by atoms with Gasteiger partial charge in [-0.25, -0.2) is 0 Å².